The fourth-order valence-corrected chi connectivity index (χ4v) is 4.31. The van der Waals surface area contributed by atoms with Gasteiger partial charge in [0.05, 0.1) is 41.5 Å². The number of esters is 1. The predicted octanol–water partition coefficient (Wildman–Crippen LogP) is 4.78. The fraction of sp³-hybridized carbons (Fsp3) is 0.296. The van der Waals surface area contributed by atoms with Crippen molar-refractivity contribution in [3.8, 4) is 34.5 Å². The van der Waals surface area contributed by atoms with Gasteiger partial charge in [-0.05, 0) is 11.6 Å². The van der Waals surface area contributed by atoms with E-state index in [4.69, 9.17) is 28.4 Å². The van der Waals surface area contributed by atoms with Crippen molar-refractivity contribution in [1.82, 2.24) is 0 Å². The molecule has 0 aliphatic carbocycles. The van der Waals surface area contributed by atoms with Crippen LogP contribution < -0.4 is 28.4 Å². The van der Waals surface area contributed by atoms with Gasteiger partial charge < -0.3 is 28.4 Å². The quantitative estimate of drug-likeness (QED) is 0.333. The Balaban J connectivity index is 1.78. The molecule has 178 valence electrons. The number of fused-ring (bicyclic) bond motifs is 1. The van der Waals surface area contributed by atoms with Crippen LogP contribution in [-0.4, -0.2) is 41.0 Å². The van der Waals surface area contributed by atoms with Crippen LogP contribution in [0.15, 0.2) is 54.6 Å². The number of methoxy groups -OCH3 is 4. The number of para-hydroxylation sites is 1. The van der Waals surface area contributed by atoms with Crippen molar-refractivity contribution in [2.24, 2.45) is 0 Å². The fourth-order valence-electron chi connectivity index (χ4n) is 4.31. The third-order valence-corrected chi connectivity index (χ3v) is 5.86. The van der Waals surface area contributed by atoms with Crippen LogP contribution in [0.3, 0.4) is 0 Å². The third kappa shape index (κ3) is 4.46. The summed E-state index contributed by atoms with van der Waals surface area (Å²) in [6.45, 7) is 0.449. The van der Waals surface area contributed by atoms with E-state index < -0.39 is 5.92 Å². The molecule has 7 nitrogen and oxygen atoms in total. The Morgan fingerprint density at radius 3 is 2.24 bits per heavy atom. The van der Waals surface area contributed by atoms with Crippen molar-refractivity contribution in [2.75, 3.05) is 35.0 Å². The molecule has 1 aliphatic heterocycles. The van der Waals surface area contributed by atoms with Gasteiger partial charge in [0.1, 0.15) is 5.75 Å². The van der Waals surface area contributed by atoms with Gasteiger partial charge in [-0.3, -0.25) is 4.79 Å². The monoisotopic (exact) mass is 464 g/mol. The molecule has 0 saturated carbocycles. The second-order valence-electron chi connectivity index (χ2n) is 7.75. The van der Waals surface area contributed by atoms with Gasteiger partial charge in [-0.1, -0.05) is 42.5 Å². The minimum absolute atomic E-state index is 0.112. The molecule has 1 heterocycles. The average Bonchev–Trinajstić information content (AvgIpc) is 2.87. The van der Waals surface area contributed by atoms with Gasteiger partial charge in [-0.15, -0.1) is 0 Å². The first-order chi connectivity index (χ1) is 16.6. The summed E-state index contributed by atoms with van der Waals surface area (Å²) in [5, 5.41) is 0. The maximum absolute atomic E-state index is 12.6. The highest BCUT2D eigenvalue weighted by atomic mass is 16.6. The molecule has 3 aromatic rings. The van der Waals surface area contributed by atoms with Gasteiger partial charge in [-0.25, -0.2) is 0 Å². The summed E-state index contributed by atoms with van der Waals surface area (Å²) >= 11 is 0. The highest BCUT2D eigenvalue weighted by Gasteiger charge is 2.37. The molecule has 0 bridgehead atoms. The van der Waals surface area contributed by atoms with Crippen molar-refractivity contribution in [3.05, 3.63) is 71.3 Å². The van der Waals surface area contributed by atoms with Crippen LogP contribution in [-0.2, 0) is 11.2 Å². The van der Waals surface area contributed by atoms with E-state index in [-0.39, 0.29) is 12.4 Å². The normalized spacial score (nSPS) is 14.6. The Labute approximate surface area is 199 Å². The summed E-state index contributed by atoms with van der Waals surface area (Å²) in [5.41, 5.74) is 2.67. The molecule has 0 unspecified atom stereocenters. The number of benzene rings is 3. The standard InChI is InChI=1S/C27H28O7/c1-29-20-12-8-11-18(25(20)33-14-13-17-9-6-5-7-10-17)19-15-23(28)34-21-16-22(30-2)26(31-3)27(32-4)24(19)21/h5-12,16,19H,13-15H2,1-4H3/t19-/m1/s1. The Hall–Kier alpha value is -3.87. The molecule has 4 rings (SSSR count). The van der Waals surface area contributed by atoms with E-state index in [1.54, 1.807) is 27.4 Å². The van der Waals surface area contributed by atoms with Crippen molar-refractivity contribution >= 4 is 5.97 Å². The Morgan fingerprint density at radius 1 is 0.824 bits per heavy atom. The number of ether oxygens (including phenoxy) is 6. The minimum atomic E-state index is -0.396. The second-order valence-corrected chi connectivity index (χ2v) is 7.75. The van der Waals surface area contributed by atoms with E-state index in [2.05, 4.69) is 12.1 Å². The first-order valence-electron chi connectivity index (χ1n) is 11.0. The second kappa shape index (κ2) is 10.4. The van der Waals surface area contributed by atoms with Crippen LogP contribution >= 0.6 is 0 Å². The molecule has 0 N–H and O–H groups in total. The third-order valence-electron chi connectivity index (χ3n) is 5.86. The predicted molar refractivity (Wildman–Crippen MR) is 127 cm³/mol. The number of hydrogen-bond acceptors (Lipinski definition) is 7. The lowest BCUT2D eigenvalue weighted by molar-refractivity contribution is -0.135. The van der Waals surface area contributed by atoms with E-state index in [1.165, 1.54) is 12.7 Å². The molecule has 0 spiro atoms. The van der Waals surface area contributed by atoms with E-state index in [0.717, 1.165) is 12.0 Å². The minimum Gasteiger partial charge on any atom is -0.493 e. The van der Waals surface area contributed by atoms with Gasteiger partial charge in [0.2, 0.25) is 5.75 Å². The van der Waals surface area contributed by atoms with Crippen molar-refractivity contribution in [1.29, 1.82) is 0 Å². The highest BCUT2D eigenvalue weighted by Crippen LogP contribution is 2.54. The summed E-state index contributed by atoms with van der Waals surface area (Å²) < 4.78 is 34.2. The molecule has 0 radical (unpaired) electrons. The first kappa shape index (κ1) is 23.3. The maximum atomic E-state index is 12.6. The molecule has 0 fully saturated rings. The average molecular weight is 465 g/mol. The van der Waals surface area contributed by atoms with E-state index >= 15 is 0 Å². The topological polar surface area (TPSA) is 72.5 Å². The van der Waals surface area contributed by atoms with Crippen LogP contribution in [0.2, 0.25) is 0 Å². The molecular weight excluding hydrogens is 436 g/mol. The first-order valence-corrected chi connectivity index (χ1v) is 11.0. The van der Waals surface area contributed by atoms with Gasteiger partial charge in [0.15, 0.2) is 23.0 Å². The Kier molecular flexibility index (Phi) is 7.11. The van der Waals surface area contributed by atoms with Crippen LogP contribution in [0, 0.1) is 0 Å². The van der Waals surface area contributed by atoms with Crippen molar-refractivity contribution in [2.45, 2.75) is 18.8 Å². The molecular formula is C27H28O7. The largest absolute Gasteiger partial charge is 0.493 e. The highest BCUT2D eigenvalue weighted by molar-refractivity contribution is 5.81. The molecule has 3 aromatic carbocycles. The van der Waals surface area contributed by atoms with Crippen molar-refractivity contribution in [3.63, 3.8) is 0 Å². The zero-order chi connectivity index (χ0) is 24.1. The van der Waals surface area contributed by atoms with E-state index in [0.29, 0.717) is 46.7 Å². The lowest BCUT2D eigenvalue weighted by Crippen LogP contribution is -2.23. The molecule has 1 aliphatic rings. The number of carbonyl (C=O) groups is 1. The molecule has 0 saturated heterocycles. The SMILES string of the molecule is COc1cccc([C@H]2CC(=O)Oc3cc(OC)c(OC)c(OC)c32)c1OCCc1ccccc1. The van der Waals surface area contributed by atoms with Crippen LogP contribution in [0.5, 0.6) is 34.5 Å². The number of hydrogen-bond donors (Lipinski definition) is 0. The smallest absolute Gasteiger partial charge is 0.312 e. The van der Waals surface area contributed by atoms with E-state index in [1.807, 2.05) is 36.4 Å². The van der Waals surface area contributed by atoms with E-state index in [9.17, 15) is 4.79 Å². The number of rotatable bonds is 9. The maximum Gasteiger partial charge on any atom is 0.312 e. The summed E-state index contributed by atoms with van der Waals surface area (Å²) in [5.74, 6) is 2.09. The van der Waals surface area contributed by atoms with Gasteiger partial charge in [-0.2, -0.15) is 0 Å². The molecule has 0 aromatic heterocycles. The molecule has 7 heteroatoms. The zero-order valence-electron chi connectivity index (χ0n) is 19.8. The van der Waals surface area contributed by atoms with Crippen LogP contribution in [0.1, 0.15) is 29.0 Å². The van der Waals surface area contributed by atoms with Crippen LogP contribution in [0.4, 0.5) is 0 Å². The van der Waals surface area contributed by atoms with Gasteiger partial charge in [0.25, 0.3) is 0 Å². The molecule has 1 atom stereocenters. The Morgan fingerprint density at radius 2 is 1.56 bits per heavy atom. The number of carbonyl (C=O) groups excluding carboxylic acids is 1. The summed E-state index contributed by atoms with van der Waals surface area (Å²) in [6.07, 6.45) is 0.844. The summed E-state index contributed by atoms with van der Waals surface area (Å²) in [7, 11) is 6.21. The zero-order valence-corrected chi connectivity index (χ0v) is 19.8. The molecule has 0 amide bonds. The van der Waals surface area contributed by atoms with Crippen molar-refractivity contribution < 1.29 is 33.2 Å². The lowest BCUT2D eigenvalue weighted by atomic mass is 9.84. The lowest BCUT2D eigenvalue weighted by Gasteiger charge is -2.29. The van der Waals surface area contributed by atoms with Gasteiger partial charge >= 0.3 is 5.97 Å². The van der Waals surface area contributed by atoms with Crippen LogP contribution in [0.25, 0.3) is 0 Å². The Bertz CT molecular complexity index is 1160. The summed E-state index contributed by atoms with van der Waals surface area (Å²) in [4.78, 5) is 12.6. The molecule has 34 heavy (non-hydrogen) atoms. The van der Waals surface area contributed by atoms with Gasteiger partial charge in [0, 0.05) is 29.5 Å². The summed E-state index contributed by atoms with van der Waals surface area (Å²) in [6, 6.07) is 17.4.